The third-order valence-corrected chi connectivity index (χ3v) is 5.69. The van der Waals surface area contributed by atoms with E-state index in [0.29, 0.717) is 12.2 Å². The minimum absolute atomic E-state index is 0.0819. The van der Waals surface area contributed by atoms with E-state index in [9.17, 15) is 14.4 Å². The smallest absolute Gasteiger partial charge is 0.411 e. The van der Waals surface area contributed by atoms with Crippen molar-refractivity contribution in [3.63, 3.8) is 0 Å². The lowest BCUT2D eigenvalue weighted by atomic mass is 9.92. The molecule has 6 nitrogen and oxygen atoms in total. The Labute approximate surface area is 177 Å². The first-order chi connectivity index (χ1) is 14.4. The van der Waals surface area contributed by atoms with Gasteiger partial charge < -0.3 is 14.4 Å². The number of nitrogens with zero attached hydrogens (tertiary/aromatic N) is 1. The van der Waals surface area contributed by atoms with Crippen LogP contribution in [0.5, 0.6) is 0 Å². The Bertz CT molecular complexity index is 937. The fraction of sp³-hybridized carbons (Fsp3) is 0.375. The summed E-state index contributed by atoms with van der Waals surface area (Å²) < 4.78 is 5.42. The molecule has 2 amide bonds. The van der Waals surface area contributed by atoms with E-state index in [-0.39, 0.29) is 12.5 Å². The molecule has 1 saturated carbocycles. The van der Waals surface area contributed by atoms with E-state index in [4.69, 9.17) is 4.74 Å². The van der Waals surface area contributed by atoms with Crippen LogP contribution in [-0.4, -0.2) is 37.3 Å². The summed E-state index contributed by atoms with van der Waals surface area (Å²) in [6, 6.07) is 13.5. The lowest BCUT2D eigenvalue weighted by Crippen LogP contribution is -2.21. The van der Waals surface area contributed by atoms with Crippen molar-refractivity contribution < 1.29 is 19.1 Å². The summed E-state index contributed by atoms with van der Waals surface area (Å²) in [5.41, 5.74) is 4.19. The average molecular weight is 408 g/mol. The predicted octanol–water partition coefficient (Wildman–Crippen LogP) is 4.17. The summed E-state index contributed by atoms with van der Waals surface area (Å²) in [7, 11) is 1.68. The summed E-state index contributed by atoms with van der Waals surface area (Å²) in [5.74, 6) is 0.0819. The van der Waals surface area contributed by atoms with Crippen LogP contribution in [-0.2, 0) is 26.3 Å². The number of carbonyl (C=O) groups is 3. The summed E-state index contributed by atoms with van der Waals surface area (Å²) in [6.07, 6.45) is 2.81. The predicted molar refractivity (Wildman–Crippen MR) is 116 cm³/mol. The zero-order valence-electron chi connectivity index (χ0n) is 17.7. The Kier molecular flexibility index (Phi) is 6.55. The maximum absolute atomic E-state index is 12.3. The second-order valence-electron chi connectivity index (χ2n) is 8.15. The monoisotopic (exact) mass is 408 g/mol. The molecule has 1 atom stereocenters. The lowest BCUT2D eigenvalue weighted by Gasteiger charge is -2.19. The molecule has 1 unspecified atom stereocenters. The second-order valence-corrected chi connectivity index (χ2v) is 8.15. The van der Waals surface area contributed by atoms with Crippen molar-refractivity contribution in [1.82, 2.24) is 4.90 Å². The molecule has 1 aliphatic carbocycles. The average Bonchev–Trinajstić information content (AvgIpc) is 3.53. The molecular weight excluding hydrogens is 380 g/mol. The van der Waals surface area contributed by atoms with E-state index in [1.54, 1.807) is 13.1 Å². The Morgan fingerprint density at radius 2 is 1.97 bits per heavy atom. The molecule has 0 aromatic heterocycles. The van der Waals surface area contributed by atoms with Crippen LogP contribution in [0.3, 0.4) is 0 Å². The Balaban J connectivity index is 1.67. The molecule has 0 bridgehead atoms. The zero-order chi connectivity index (χ0) is 21.7. The maximum Gasteiger partial charge on any atom is 0.411 e. The summed E-state index contributed by atoms with van der Waals surface area (Å²) in [6.45, 7) is 4.69. The third-order valence-electron chi connectivity index (χ3n) is 5.69. The number of rotatable bonds is 9. The van der Waals surface area contributed by atoms with Crippen molar-refractivity contribution in [1.29, 1.82) is 0 Å². The van der Waals surface area contributed by atoms with E-state index in [2.05, 4.69) is 5.32 Å². The van der Waals surface area contributed by atoms with Crippen molar-refractivity contribution in [3.05, 3.63) is 64.7 Å². The van der Waals surface area contributed by atoms with Gasteiger partial charge in [0.15, 0.2) is 0 Å². The van der Waals surface area contributed by atoms with Crippen LogP contribution in [0.25, 0.3) is 0 Å². The van der Waals surface area contributed by atoms with E-state index in [0.717, 1.165) is 47.8 Å². The van der Waals surface area contributed by atoms with Crippen LogP contribution in [0.2, 0.25) is 0 Å². The summed E-state index contributed by atoms with van der Waals surface area (Å²) in [4.78, 5) is 36.5. The second kappa shape index (κ2) is 9.11. The molecule has 0 heterocycles. The van der Waals surface area contributed by atoms with Gasteiger partial charge in [-0.1, -0.05) is 37.3 Å². The van der Waals surface area contributed by atoms with Crippen molar-refractivity contribution in [3.8, 4) is 0 Å². The topological polar surface area (TPSA) is 75.7 Å². The minimum Gasteiger partial charge on any atom is -0.449 e. The largest absolute Gasteiger partial charge is 0.449 e. The van der Waals surface area contributed by atoms with Crippen molar-refractivity contribution in [2.24, 2.45) is 0 Å². The molecule has 158 valence electrons. The molecule has 1 aliphatic rings. The van der Waals surface area contributed by atoms with Gasteiger partial charge in [0, 0.05) is 25.2 Å². The normalized spacial score (nSPS) is 15.0. The fourth-order valence-electron chi connectivity index (χ4n) is 3.76. The fourth-order valence-corrected chi connectivity index (χ4v) is 3.76. The van der Waals surface area contributed by atoms with Crippen molar-refractivity contribution >= 4 is 24.5 Å². The highest BCUT2D eigenvalue weighted by Gasteiger charge is 2.45. The van der Waals surface area contributed by atoms with E-state index < -0.39 is 11.5 Å². The number of aldehydes is 1. The quantitative estimate of drug-likeness (QED) is 0.632. The van der Waals surface area contributed by atoms with Gasteiger partial charge in [-0.2, -0.15) is 0 Å². The van der Waals surface area contributed by atoms with Crippen LogP contribution in [0.1, 0.15) is 47.9 Å². The summed E-state index contributed by atoms with van der Waals surface area (Å²) >= 11 is 0. The molecule has 3 rings (SSSR count). The van der Waals surface area contributed by atoms with Crippen LogP contribution in [0.15, 0.2) is 42.5 Å². The molecule has 0 radical (unpaired) electrons. The maximum atomic E-state index is 12.3. The number of amides is 2. The van der Waals surface area contributed by atoms with Crippen LogP contribution >= 0.6 is 0 Å². The highest BCUT2D eigenvalue weighted by Crippen LogP contribution is 2.48. The van der Waals surface area contributed by atoms with Crippen LogP contribution in [0.4, 0.5) is 10.5 Å². The van der Waals surface area contributed by atoms with Gasteiger partial charge in [-0.3, -0.25) is 10.1 Å². The number of hydrogen-bond donors (Lipinski definition) is 1. The number of hydrogen-bond acceptors (Lipinski definition) is 4. The molecule has 6 heteroatoms. The van der Waals surface area contributed by atoms with Gasteiger partial charge in [-0.25, -0.2) is 4.79 Å². The first-order valence-corrected chi connectivity index (χ1v) is 10.1. The van der Waals surface area contributed by atoms with Gasteiger partial charge >= 0.3 is 6.09 Å². The number of aryl methyl sites for hydroxylation is 1. The van der Waals surface area contributed by atoms with Gasteiger partial charge in [0.05, 0.1) is 12.0 Å². The van der Waals surface area contributed by atoms with E-state index >= 15 is 0 Å². The minimum atomic E-state index is -0.533. The Hall–Kier alpha value is -3.15. The number of anilines is 1. The van der Waals surface area contributed by atoms with Crippen LogP contribution in [0, 0.1) is 6.92 Å². The zero-order valence-corrected chi connectivity index (χ0v) is 17.7. The molecule has 1 fully saturated rings. The summed E-state index contributed by atoms with van der Waals surface area (Å²) in [5, 5.41) is 2.76. The highest BCUT2D eigenvalue weighted by atomic mass is 16.5. The number of nitrogens with one attached hydrogen (secondary N) is 1. The van der Waals surface area contributed by atoms with E-state index in [1.165, 1.54) is 4.90 Å². The van der Waals surface area contributed by atoms with Crippen molar-refractivity contribution in [2.45, 2.75) is 44.6 Å². The van der Waals surface area contributed by atoms with Gasteiger partial charge in [0.25, 0.3) is 0 Å². The lowest BCUT2D eigenvalue weighted by molar-refractivity contribution is -0.117. The molecule has 1 N–H and O–H groups in total. The van der Waals surface area contributed by atoms with E-state index in [1.807, 2.05) is 50.2 Å². The molecule has 0 saturated heterocycles. The number of benzene rings is 2. The molecule has 2 aromatic rings. The number of ether oxygens (including phenoxy) is 1. The Morgan fingerprint density at radius 3 is 2.60 bits per heavy atom. The first kappa shape index (κ1) is 21.6. The molecule has 30 heavy (non-hydrogen) atoms. The SMILES string of the molecule is Cc1ccccc1C(C)COC(=O)Nc1ccc(C2(C=O)CC2)c(CN(C)C=O)c1. The van der Waals surface area contributed by atoms with Gasteiger partial charge in [0.1, 0.15) is 6.29 Å². The molecule has 0 aliphatic heterocycles. The molecular formula is C24H28N2O4. The van der Waals surface area contributed by atoms with Gasteiger partial charge in [-0.15, -0.1) is 0 Å². The molecule has 0 spiro atoms. The number of carbonyl (C=O) groups excluding carboxylic acids is 3. The third kappa shape index (κ3) is 4.87. The first-order valence-electron chi connectivity index (χ1n) is 10.1. The Morgan fingerprint density at radius 1 is 1.23 bits per heavy atom. The highest BCUT2D eigenvalue weighted by molar-refractivity contribution is 5.85. The van der Waals surface area contributed by atoms with Gasteiger partial charge in [-0.05, 0) is 54.2 Å². The standard InChI is InChI=1S/C24H28N2O4/c1-17-6-4-5-7-21(17)18(2)14-30-23(29)25-20-8-9-22(24(15-27)10-11-24)19(12-20)13-26(3)16-28/h4-9,12,15-16,18H,10-11,13-14H2,1-3H3,(H,25,29). The van der Waals surface area contributed by atoms with Crippen molar-refractivity contribution in [2.75, 3.05) is 19.0 Å². The van der Waals surface area contributed by atoms with Crippen LogP contribution < -0.4 is 5.32 Å². The van der Waals surface area contributed by atoms with Gasteiger partial charge in [0.2, 0.25) is 6.41 Å². The molecule has 2 aromatic carbocycles.